The summed E-state index contributed by atoms with van der Waals surface area (Å²) in [5.41, 5.74) is 9.62. The zero-order valence-electron chi connectivity index (χ0n) is 21.5. The summed E-state index contributed by atoms with van der Waals surface area (Å²) in [6.07, 6.45) is 0. The molecule has 39 heavy (non-hydrogen) atoms. The van der Waals surface area contributed by atoms with Crippen LogP contribution in [-0.4, -0.2) is 0 Å². The monoisotopic (exact) mass is 514 g/mol. The number of hydrogen-bond donors (Lipinski definition) is 0. The van der Waals surface area contributed by atoms with Gasteiger partial charge in [0.05, 0.1) is 5.41 Å². The fourth-order valence-electron chi connectivity index (χ4n) is 7.21. The number of hydrogen-bond acceptors (Lipinski definition) is 0. The summed E-state index contributed by atoms with van der Waals surface area (Å²) in [6.45, 7) is 0. The Kier molecular flexibility index (Phi) is 5.19. The van der Waals surface area contributed by atoms with Crippen LogP contribution in [0, 0.1) is 0 Å². The van der Waals surface area contributed by atoms with E-state index in [-0.39, 0.29) is 11.3 Å². The van der Waals surface area contributed by atoms with Crippen molar-refractivity contribution in [2.75, 3.05) is 0 Å². The molecule has 0 saturated heterocycles. The maximum absolute atomic E-state index is 2.41. The average molecular weight is 515 g/mol. The molecule has 3 aliphatic carbocycles. The molecule has 0 radical (unpaired) electrons. The lowest BCUT2D eigenvalue weighted by Crippen LogP contribution is -2.45. The highest BCUT2D eigenvalue weighted by molar-refractivity contribution is 7.79. The highest BCUT2D eigenvalue weighted by atomic mass is 31.1. The Morgan fingerprint density at radius 2 is 0.718 bits per heavy atom. The molecule has 0 saturated carbocycles. The predicted octanol–water partition coefficient (Wildman–Crippen LogP) is 7.63. The van der Waals surface area contributed by atoms with Crippen LogP contribution in [0.25, 0.3) is 0 Å². The van der Waals surface area contributed by atoms with Crippen LogP contribution in [0.15, 0.2) is 158 Å². The van der Waals surface area contributed by atoms with Crippen molar-refractivity contribution < 1.29 is 0 Å². The summed E-state index contributed by atoms with van der Waals surface area (Å²) in [7, 11) is -0.780. The normalized spacial score (nSPS) is 18.3. The molecule has 0 aromatic heterocycles. The second kappa shape index (κ2) is 8.91. The molecular weight excluding hydrogens is 487 g/mol. The molecule has 3 aliphatic rings. The Balaban J connectivity index is 1.52. The quantitative estimate of drug-likeness (QED) is 0.212. The Bertz CT molecular complexity index is 1660. The van der Waals surface area contributed by atoms with Crippen LogP contribution >= 0.6 is 7.92 Å². The molecule has 0 unspecified atom stereocenters. The molecule has 6 aromatic rings. The standard InChI is InChI=1S/C38H27P/c1-3-15-27(16-4-1)39(28-17-5-2-6-18-28)36-26-14-13-25-35(36)38-32-22-10-7-19-29(32)37(30-20-8-11-23-33(30)38)31-21-9-12-24-34(31)38/h1-26,37H. The summed E-state index contributed by atoms with van der Waals surface area (Å²) in [4.78, 5) is 0. The minimum atomic E-state index is -0.780. The molecule has 0 amide bonds. The minimum Gasteiger partial charge on any atom is -0.0622 e. The minimum absolute atomic E-state index is 0.271. The van der Waals surface area contributed by atoms with E-state index in [1.54, 1.807) is 0 Å². The predicted molar refractivity (Wildman–Crippen MR) is 164 cm³/mol. The van der Waals surface area contributed by atoms with E-state index < -0.39 is 7.92 Å². The molecule has 0 heterocycles. The molecule has 0 fully saturated rings. The summed E-state index contributed by atoms with van der Waals surface area (Å²) in [6, 6.07) is 59.0. The van der Waals surface area contributed by atoms with E-state index in [0.717, 1.165) is 0 Å². The topological polar surface area (TPSA) is 0 Å². The first-order chi connectivity index (χ1) is 19.4. The van der Waals surface area contributed by atoms with Gasteiger partial charge >= 0.3 is 0 Å². The third-order valence-corrected chi connectivity index (χ3v) is 11.1. The fourth-order valence-corrected chi connectivity index (χ4v) is 9.72. The Morgan fingerprint density at radius 3 is 1.18 bits per heavy atom. The fraction of sp³-hybridized carbons (Fsp3) is 0.0526. The van der Waals surface area contributed by atoms with E-state index in [1.165, 1.54) is 54.9 Å². The van der Waals surface area contributed by atoms with Crippen molar-refractivity contribution in [3.05, 3.63) is 197 Å². The van der Waals surface area contributed by atoms with Crippen LogP contribution in [0.1, 0.15) is 44.9 Å². The van der Waals surface area contributed by atoms with Crippen molar-refractivity contribution in [2.24, 2.45) is 0 Å². The maximum atomic E-state index is 2.41. The largest absolute Gasteiger partial charge is 0.0716 e. The second-order valence-electron chi connectivity index (χ2n) is 10.5. The number of benzene rings is 6. The van der Waals surface area contributed by atoms with Crippen molar-refractivity contribution >= 4 is 23.8 Å². The summed E-state index contributed by atoms with van der Waals surface area (Å²) in [5, 5.41) is 4.17. The Morgan fingerprint density at radius 1 is 0.359 bits per heavy atom. The Labute approximate surface area is 231 Å². The van der Waals surface area contributed by atoms with Crippen LogP contribution < -0.4 is 15.9 Å². The lowest BCUT2D eigenvalue weighted by atomic mass is 9.51. The van der Waals surface area contributed by atoms with Crippen molar-refractivity contribution in [3.8, 4) is 0 Å². The van der Waals surface area contributed by atoms with Crippen LogP contribution in [0.5, 0.6) is 0 Å². The van der Waals surface area contributed by atoms with Gasteiger partial charge in [0.1, 0.15) is 0 Å². The molecule has 0 N–H and O–H groups in total. The van der Waals surface area contributed by atoms with Crippen LogP contribution in [0.3, 0.4) is 0 Å². The van der Waals surface area contributed by atoms with Crippen LogP contribution in [0.2, 0.25) is 0 Å². The highest BCUT2D eigenvalue weighted by Crippen LogP contribution is 2.61. The van der Waals surface area contributed by atoms with E-state index in [1.807, 2.05) is 0 Å². The zero-order valence-corrected chi connectivity index (χ0v) is 22.4. The molecular formula is C38H27P. The van der Waals surface area contributed by atoms with Gasteiger partial charge in [-0.25, -0.2) is 0 Å². The second-order valence-corrected chi connectivity index (χ2v) is 12.7. The SMILES string of the molecule is c1ccc(P(c2ccccc2)c2ccccc2C23c4ccccc4C(c4ccccc42)c2ccccc23)cc1. The lowest BCUT2D eigenvalue weighted by molar-refractivity contribution is 0.632. The van der Waals surface area contributed by atoms with Crippen molar-refractivity contribution in [2.45, 2.75) is 11.3 Å². The van der Waals surface area contributed by atoms with Crippen LogP contribution in [-0.2, 0) is 5.41 Å². The van der Waals surface area contributed by atoms with E-state index in [2.05, 4.69) is 158 Å². The molecule has 0 nitrogen and oxygen atoms in total. The van der Waals surface area contributed by atoms with Gasteiger partial charge in [0.15, 0.2) is 0 Å². The van der Waals surface area contributed by atoms with Crippen LogP contribution in [0.4, 0.5) is 0 Å². The molecule has 184 valence electrons. The van der Waals surface area contributed by atoms with Gasteiger partial charge in [-0.15, -0.1) is 0 Å². The third-order valence-electron chi connectivity index (χ3n) is 8.61. The van der Waals surface area contributed by atoms with E-state index in [4.69, 9.17) is 0 Å². The van der Waals surface area contributed by atoms with Gasteiger partial charge in [0, 0.05) is 5.92 Å². The molecule has 0 aliphatic heterocycles. The van der Waals surface area contributed by atoms with Crippen molar-refractivity contribution in [1.29, 1.82) is 0 Å². The van der Waals surface area contributed by atoms with Gasteiger partial charge in [0.25, 0.3) is 0 Å². The van der Waals surface area contributed by atoms with Gasteiger partial charge in [-0.1, -0.05) is 158 Å². The first kappa shape index (κ1) is 22.7. The van der Waals surface area contributed by atoms with Crippen molar-refractivity contribution in [1.82, 2.24) is 0 Å². The zero-order chi connectivity index (χ0) is 25.8. The van der Waals surface area contributed by atoms with Gasteiger partial charge in [0.2, 0.25) is 0 Å². The molecule has 1 heteroatoms. The highest BCUT2D eigenvalue weighted by Gasteiger charge is 2.53. The molecule has 9 rings (SSSR count). The molecule has 0 spiro atoms. The first-order valence-corrected chi connectivity index (χ1v) is 15.0. The van der Waals surface area contributed by atoms with E-state index in [0.29, 0.717) is 0 Å². The molecule has 6 aromatic carbocycles. The van der Waals surface area contributed by atoms with Crippen molar-refractivity contribution in [3.63, 3.8) is 0 Å². The summed E-state index contributed by atoms with van der Waals surface area (Å²) < 4.78 is 0. The molecule has 0 atom stereocenters. The summed E-state index contributed by atoms with van der Waals surface area (Å²) >= 11 is 0. The summed E-state index contributed by atoms with van der Waals surface area (Å²) in [5.74, 6) is 0.271. The van der Waals surface area contributed by atoms with E-state index in [9.17, 15) is 0 Å². The maximum Gasteiger partial charge on any atom is 0.0716 e. The number of rotatable bonds is 4. The third kappa shape index (κ3) is 3.16. The van der Waals surface area contributed by atoms with Gasteiger partial charge in [-0.2, -0.15) is 0 Å². The van der Waals surface area contributed by atoms with Gasteiger partial charge < -0.3 is 0 Å². The Hall–Kier alpha value is -4.25. The van der Waals surface area contributed by atoms with E-state index >= 15 is 0 Å². The van der Waals surface area contributed by atoms with Gasteiger partial charge in [-0.05, 0) is 62.8 Å². The van der Waals surface area contributed by atoms with Gasteiger partial charge in [-0.3, -0.25) is 0 Å². The molecule has 2 bridgehead atoms. The first-order valence-electron chi connectivity index (χ1n) is 13.7. The average Bonchev–Trinajstić information content (AvgIpc) is 3.02. The lowest BCUT2D eigenvalue weighted by Gasteiger charge is -2.52. The smallest absolute Gasteiger partial charge is 0.0622 e.